The van der Waals surface area contributed by atoms with Crippen LogP contribution in [0.25, 0.3) is 0 Å². The topological polar surface area (TPSA) is 31.0 Å². The van der Waals surface area contributed by atoms with E-state index in [4.69, 9.17) is 13.9 Å². The van der Waals surface area contributed by atoms with Crippen LogP contribution in [0.15, 0.2) is 0 Å². The van der Waals surface area contributed by atoms with Gasteiger partial charge in [-0.2, -0.15) is 0 Å². The first-order chi connectivity index (χ1) is 7.06. The van der Waals surface area contributed by atoms with Gasteiger partial charge in [0.25, 0.3) is 0 Å². The summed E-state index contributed by atoms with van der Waals surface area (Å²) in [4.78, 5) is 0. The summed E-state index contributed by atoms with van der Waals surface area (Å²) in [7, 11) is 0.813. The van der Waals surface area contributed by atoms with Crippen molar-refractivity contribution in [2.75, 3.05) is 19.8 Å². The highest BCUT2D eigenvalue weighted by Crippen LogP contribution is 2.24. The third kappa shape index (κ3) is 5.11. The minimum Gasteiger partial charge on any atom is -0.423 e. The van der Waals surface area contributed by atoms with E-state index in [1.54, 1.807) is 0 Å². The SMILES string of the molecule is CC(CCCOCC1CO1)C(C)(C)O[SiH3]. The van der Waals surface area contributed by atoms with Crippen molar-refractivity contribution in [3.63, 3.8) is 0 Å². The summed E-state index contributed by atoms with van der Waals surface area (Å²) in [6, 6.07) is 0. The Bertz CT molecular complexity index is 181. The van der Waals surface area contributed by atoms with Crippen molar-refractivity contribution in [3.8, 4) is 0 Å². The average Bonchev–Trinajstić information content (AvgIpc) is 3.00. The molecule has 1 rings (SSSR count). The summed E-state index contributed by atoms with van der Waals surface area (Å²) >= 11 is 0. The molecule has 1 fully saturated rings. The number of hydrogen-bond donors (Lipinski definition) is 0. The molecule has 1 saturated heterocycles. The number of epoxide rings is 1. The molecule has 1 aliphatic heterocycles. The van der Waals surface area contributed by atoms with Crippen molar-refractivity contribution >= 4 is 10.5 Å². The van der Waals surface area contributed by atoms with Gasteiger partial charge < -0.3 is 13.9 Å². The van der Waals surface area contributed by atoms with E-state index in [0.717, 1.165) is 36.7 Å². The molecule has 0 amide bonds. The van der Waals surface area contributed by atoms with Crippen LogP contribution >= 0.6 is 0 Å². The predicted molar refractivity (Wildman–Crippen MR) is 64.1 cm³/mol. The van der Waals surface area contributed by atoms with Gasteiger partial charge in [0.05, 0.1) is 18.8 Å². The van der Waals surface area contributed by atoms with Crippen LogP contribution in [0.3, 0.4) is 0 Å². The zero-order valence-corrected chi connectivity index (χ0v) is 12.4. The summed E-state index contributed by atoms with van der Waals surface area (Å²) in [5, 5.41) is 0. The van der Waals surface area contributed by atoms with Crippen molar-refractivity contribution in [3.05, 3.63) is 0 Å². The van der Waals surface area contributed by atoms with Crippen LogP contribution in [0.4, 0.5) is 0 Å². The molecule has 4 heteroatoms. The van der Waals surface area contributed by atoms with E-state index < -0.39 is 0 Å². The fourth-order valence-corrected chi connectivity index (χ4v) is 1.82. The summed E-state index contributed by atoms with van der Waals surface area (Å²) in [6.07, 6.45) is 2.67. The Kier molecular flexibility index (Phi) is 5.25. The molecule has 0 bridgehead atoms. The zero-order chi connectivity index (χ0) is 11.3. The van der Waals surface area contributed by atoms with Crippen LogP contribution in [0, 0.1) is 5.92 Å². The molecule has 0 aliphatic carbocycles. The van der Waals surface area contributed by atoms with E-state index in [9.17, 15) is 0 Å². The molecule has 0 aromatic carbocycles. The predicted octanol–water partition coefficient (Wildman–Crippen LogP) is 0.894. The normalized spacial score (nSPS) is 23.0. The Morgan fingerprint density at radius 3 is 2.73 bits per heavy atom. The van der Waals surface area contributed by atoms with Crippen LogP contribution in [-0.2, 0) is 13.9 Å². The highest BCUT2D eigenvalue weighted by atomic mass is 28.2. The van der Waals surface area contributed by atoms with Crippen LogP contribution in [0.2, 0.25) is 0 Å². The molecule has 2 atom stereocenters. The fraction of sp³-hybridized carbons (Fsp3) is 1.00. The quantitative estimate of drug-likeness (QED) is 0.354. The molecule has 90 valence electrons. The molecule has 0 aromatic rings. The molecule has 3 nitrogen and oxygen atoms in total. The first kappa shape index (κ1) is 13.2. The van der Waals surface area contributed by atoms with E-state index in [1.807, 2.05) is 0 Å². The second kappa shape index (κ2) is 5.99. The fourth-order valence-electron chi connectivity index (χ4n) is 1.42. The molecule has 0 saturated carbocycles. The average molecular weight is 232 g/mol. The van der Waals surface area contributed by atoms with Crippen LogP contribution in [0.5, 0.6) is 0 Å². The van der Waals surface area contributed by atoms with Crippen molar-refractivity contribution < 1.29 is 13.9 Å². The van der Waals surface area contributed by atoms with Gasteiger partial charge in [0, 0.05) is 6.61 Å². The van der Waals surface area contributed by atoms with Gasteiger partial charge in [0.15, 0.2) is 0 Å². The summed E-state index contributed by atoms with van der Waals surface area (Å²) in [6.45, 7) is 9.10. The molecule has 15 heavy (non-hydrogen) atoms. The summed E-state index contributed by atoms with van der Waals surface area (Å²) in [5.74, 6) is 0.593. The van der Waals surface area contributed by atoms with Crippen LogP contribution in [-0.4, -0.2) is 42.0 Å². The van der Waals surface area contributed by atoms with Crippen LogP contribution < -0.4 is 0 Å². The van der Waals surface area contributed by atoms with Gasteiger partial charge in [-0.1, -0.05) is 6.92 Å². The lowest BCUT2D eigenvalue weighted by atomic mass is 9.89. The Morgan fingerprint density at radius 2 is 2.20 bits per heavy atom. The van der Waals surface area contributed by atoms with Crippen molar-refractivity contribution in [1.29, 1.82) is 0 Å². The third-order valence-electron chi connectivity index (χ3n) is 3.34. The van der Waals surface area contributed by atoms with E-state index in [0.29, 0.717) is 12.0 Å². The first-order valence-corrected chi connectivity index (χ1v) is 6.62. The van der Waals surface area contributed by atoms with E-state index >= 15 is 0 Å². The number of hydrogen-bond acceptors (Lipinski definition) is 3. The van der Waals surface area contributed by atoms with E-state index in [-0.39, 0.29) is 5.60 Å². The van der Waals surface area contributed by atoms with Crippen molar-refractivity contribution in [1.82, 2.24) is 0 Å². The Morgan fingerprint density at radius 1 is 1.53 bits per heavy atom. The lowest BCUT2D eigenvalue weighted by Gasteiger charge is -2.31. The maximum Gasteiger partial charge on any atom is 0.146 e. The largest absolute Gasteiger partial charge is 0.423 e. The number of rotatable bonds is 8. The maximum atomic E-state index is 5.58. The molecular formula is C11H24O3Si. The van der Waals surface area contributed by atoms with Gasteiger partial charge in [0.1, 0.15) is 16.6 Å². The van der Waals surface area contributed by atoms with E-state index in [1.165, 1.54) is 6.42 Å². The monoisotopic (exact) mass is 232 g/mol. The molecule has 1 aliphatic rings. The minimum absolute atomic E-state index is 0.0336. The lowest BCUT2D eigenvalue weighted by Crippen LogP contribution is -2.32. The summed E-state index contributed by atoms with van der Waals surface area (Å²) in [5.41, 5.74) is 0.0336. The molecule has 0 radical (unpaired) electrons. The van der Waals surface area contributed by atoms with Crippen LogP contribution in [0.1, 0.15) is 33.6 Å². The minimum atomic E-state index is 0.0336. The standard InChI is InChI=1S/C11H24O3Si/c1-9(11(2,3)14-15)5-4-6-12-7-10-8-13-10/h9-10H,4-8H2,1-3,15H3. The molecule has 0 aromatic heterocycles. The number of ether oxygens (including phenoxy) is 2. The van der Waals surface area contributed by atoms with Gasteiger partial charge in [-0.05, 0) is 32.6 Å². The van der Waals surface area contributed by atoms with Gasteiger partial charge in [0.2, 0.25) is 0 Å². The van der Waals surface area contributed by atoms with E-state index in [2.05, 4.69) is 20.8 Å². The zero-order valence-electron chi connectivity index (χ0n) is 10.4. The second-order valence-electron chi connectivity index (χ2n) is 4.88. The Balaban J connectivity index is 1.97. The Labute approximate surface area is 96.0 Å². The molecule has 0 spiro atoms. The molecule has 0 N–H and O–H groups in total. The lowest BCUT2D eigenvalue weighted by molar-refractivity contribution is 0.0478. The van der Waals surface area contributed by atoms with Gasteiger partial charge in [-0.15, -0.1) is 0 Å². The first-order valence-electron chi connectivity index (χ1n) is 5.80. The maximum absolute atomic E-state index is 5.58. The Hall–Kier alpha value is 0.0969. The molecule has 1 heterocycles. The highest BCUT2D eigenvalue weighted by Gasteiger charge is 2.24. The molecular weight excluding hydrogens is 208 g/mol. The van der Waals surface area contributed by atoms with Gasteiger partial charge in [-0.3, -0.25) is 0 Å². The summed E-state index contributed by atoms with van der Waals surface area (Å²) < 4.78 is 16.1. The third-order valence-corrected chi connectivity index (χ3v) is 4.40. The van der Waals surface area contributed by atoms with Crippen molar-refractivity contribution in [2.45, 2.75) is 45.3 Å². The van der Waals surface area contributed by atoms with Gasteiger partial charge in [-0.25, -0.2) is 0 Å². The van der Waals surface area contributed by atoms with Crippen molar-refractivity contribution in [2.24, 2.45) is 5.92 Å². The second-order valence-corrected chi connectivity index (χ2v) is 5.29. The van der Waals surface area contributed by atoms with Gasteiger partial charge >= 0.3 is 0 Å². The smallest absolute Gasteiger partial charge is 0.146 e. The molecule has 2 unspecified atom stereocenters. The highest BCUT2D eigenvalue weighted by molar-refractivity contribution is 5.98.